The fourth-order valence-electron chi connectivity index (χ4n) is 2.68. The van der Waals surface area contributed by atoms with E-state index in [4.69, 9.17) is 0 Å². The Hall–Kier alpha value is 0.230. The van der Waals surface area contributed by atoms with E-state index in [0.717, 1.165) is 13.1 Å². The lowest BCUT2D eigenvalue weighted by molar-refractivity contribution is 0.0532. The lowest BCUT2D eigenvalue weighted by Gasteiger charge is -2.51. The van der Waals surface area contributed by atoms with Crippen LogP contribution in [-0.4, -0.2) is 28.4 Å². The van der Waals surface area contributed by atoms with Crippen molar-refractivity contribution in [2.24, 2.45) is 5.41 Å². The molecular weight excluding hydrogens is 220 g/mol. The van der Waals surface area contributed by atoms with Gasteiger partial charge in [0.2, 0.25) is 0 Å². The van der Waals surface area contributed by atoms with Gasteiger partial charge in [0.25, 0.3) is 0 Å². The summed E-state index contributed by atoms with van der Waals surface area (Å²) in [6.45, 7) is 8.18. The molecule has 2 fully saturated rings. The molecule has 1 spiro atoms. The van der Waals surface area contributed by atoms with Gasteiger partial charge in [-0.1, -0.05) is 6.42 Å². The average Bonchev–Trinajstić information content (AvgIpc) is 2.14. The van der Waals surface area contributed by atoms with Crippen molar-refractivity contribution in [2.45, 2.75) is 57.2 Å². The summed E-state index contributed by atoms with van der Waals surface area (Å²) in [4.78, 5) is 0. The van der Waals surface area contributed by atoms with Crippen molar-refractivity contribution in [1.82, 2.24) is 10.0 Å². The third-order valence-corrected chi connectivity index (χ3v) is 5.65. The first kappa shape index (κ1) is 12.7. The van der Waals surface area contributed by atoms with Crippen molar-refractivity contribution in [2.75, 3.05) is 13.1 Å². The second kappa shape index (κ2) is 4.48. The van der Waals surface area contributed by atoms with E-state index in [2.05, 4.69) is 10.0 Å². The van der Waals surface area contributed by atoms with Gasteiger partial charge in [-0.3, -0.25) is 0 Å². The predicted molar refractivity (Wildman–Crippen MR) is 68.6 cm³/mol. The summed E-state index contributed by atoms with van der Waals surface area (Å²) >= 11 is -0.939. The van der Waals surface area contributed by atoms with Crippen LogP contribution in [0.3, 0.4) is 0 Å². The molecule has 4 heteroatoms. The monoisotopic (exact) mass is 244 g/mol. The van der Waals surface area contributed by atoms with Crippen LogP contribution in [0.1, 0.15) is 46.5 Å². The van der Waals surface area contributed by atoms with Gasteiger partial charge in [0.05, 0.1) is 6.04 Å². The van der Waals surface area contributed by atoms with Crippen LogP contribution in [0.15, 0.2) is 0 Å². The van der Waals surface area contributed by atoms with Gasteiger partial charge in [0, 0.05) is 17.9 Å². The molecule has 1 aliphatic heterocycles. The molecule has 0 aromatic rings. The molecule has 2 N–H and O–H groups in total. The Morgan fingerprint density at radius 2 is 2.00 bits per heavy atom. The van der Waals surface area contributed by atoms with E-state index in [1.807, 2.05) is 20.8 Å². The molecule has 2 rings (SSSR count). The van der Waals surface area contributed by atoms with Crippen LogP contribution >= 0.6 is 0 Å². The molecule has 1 aliphatic carbocycles. The van der Waals surface area contributed by atoms with Gasteiger partial charge in [-0.25, -0.2) is 0 Å². The van der Waals surface area contributed by atoms with Crippen LogP contribution in [0.2, 0.25) is 0 Å². The highest BCUT2D eigenvalue weighted by molar-refractivity contribution is 7.90. The Bertz CT molecular complexity index is 248. The van der Waals surface area contributed by atoms with Crippen molar-refractivity contribution >= 4 is 11.4 Å². The lowest BCUT2D eigenvalue weighted by Crippen LogP contribution is -2.61. The standard InChI is InChI=1S/C12H24N2OS/c1-11(2,3)16(15)14-10-9-13-8-7-12(10)5-4-6-12/h10,13-14H,4-9H2,1-3H3. The van der Waals surface area contributed by atoms with Crippen molar-refractivity contribution < 1.29 is 4.55 Å². The Labute approximate surface area is 102 Å². The van der Waals surface area contributed by atoms with E-state index >= 15 is 0 Å². The van der Waals surface area contributed by atoms with E-state index < -0.39 is 11.4 Å². The minimum absolute atomic E-state index is 0.164. The minimum Gasteiger partial charge on any atom is -0.598 e. The minimum atomic E-state index is -0.939. The summed E-state index contributed by atoms with van der Waals surface area (Å²) in [5.41, 5.74) is 0.451. The summed E-state index contributed by atoms with van der Waals surface area (Å²) in [5, 5.41) is 3.42. The number of hydrogen-bond acceptors (Lipinski definition) is 3. The zero-order valence-electron chi connectivity index (χ0n) is 10.6. The molecule has 1 heterocycles. The summed E-state index contributed by atoms with van der Waals surface area (Å²) in [5.74, 6) is 0. The van der Waals surface area contributed by atoms with Gasteiger partial charge >= 0.3 is 0 Å². The quantitative estimate of drug-likeness (QED) is 0.725. The van der Waals surface area contributed by atoms with Gasteiger partial charge in [0.15, 0.2) is 0 Å². The molecule has 2 atom stereocenters. The van der Waals surface area contributed by atoms with Crippen LogP contribution in [0.5, 0.6) is 0 Å². The maximum absolute atomic E-state index is 12.1. The van der Waals surface area contributed by atoms with Gasteiger partial charge in [0.1, 0.15) is 4.75 Å². The maximum atomic E-state index is 12.1. The third kappa shape index (κ3) is 2.40. The van der Waals surface area contributed by atoms with E-state index in [9.17, 15) is 4.55 Å². The molecule has 16 heavy (non-hydrogen) atoms. The van der Waals surface area contributed by atoms with Crippen molar-refractivity contribution in [3.05, 3.63) is 0 Å². The second-order valence-electron chi connectivity index (χ2n) is 6.22. The highest BCUT2D eigenvalue weighted by Gasteiger charge is 2.48. The number of nitrogens with one attached hydrogen (secondary N) is 2. The van der Waals surface area contributed by atoms with Crippen molar-refractivity contribution in [3.63, 3.8) is 0 Å². The van der Waals surface area contributed by atoms with Crippen LogP contribution in [0.25, 0.3) is 0 Å². The van der Waals surface area contributed by atoms with Gasteiger partial charge < -0.3 is 9.87 Å². The zero-order valence-corrected chi connectivity index (χ0v) is 11.5. The number of rotatable bonds is 2. The van der Waals surface area contributed by atoms with Gasteiger partial charge in [-0.05, 0) is 52.0 Å². The molecule has 0 bridgehead atoms. The van der Waals surface area contributed by atoms with Crippen LogP contribution in [-0.2, 0) is 11.4 Å². The Balaban J connectivity index is 1.97. The van der Waals surface area contributed by atoms with Crippen molar-refractivity contribution in [1.29, 1.82) is 0 Å². The van der Waals surface area contributed by atoms with Crippen LogP contribution in [0.4, 0.5) is 0 Å². The first-order chi connectivity index (χ1) is 7.44. The first-order valence-electron chi connectivity index (χ1n) is 6.33. The zero-order chi connectivity index (χ0) is 11.8. The summed E-state index contributed by atoms with van der Waals surface area (Å²) in [6.07, 6.45) is 5.22. The molecule has 0 aromatic heterocycles. The van der Waals surface area contributed by atoms with Crippen LogP contribution in [0, 0.1) is 5.41 Å². The number of hydrogen-bond donors (Lipinski definition) is 2. The predicted octanol–water partition coefficient (Wildman–Crippen LogP) is 1.57. The van der Waals surface area contributed by atoms with Crippen molar-refractivity contribution in [3.8, 4) is 0 Å². The molecule has 0 radical (unpaired) electrons. The molecule has 1 saturated carbocycles. The third-order valence-electron chi connectivity index (χ3n) is 4.04. The summed E-state index contributed by atoms with van der Waals surface area (Å²) in [6, 6.07) is 0.398. The van der Waals surface area contributed by atoms with Gasteiger partial charge in [-0.15, -0.1) is 4.72 Å². The first-order valence-corrected chi connectivity index (χ1v) is 7.48. The largest absolute Gasteiger partial charge is 0.598 e. The summed E-state index contributed by atoms with van der Waals surface area (Å²) in [7, 11) is 0. The lowest BCUT2D eigenvalue weighted by atomic mass is 9.61. The van der Waals surface area contributed by atoms with E-state index in [1.165, 1.54) is 25.7 Å². The molecule has 2 aliphatic rings. The highest BCUT2D eigenvalue weighted by atomic mass is 32.2. The molecule has 2 unspecified atom stereocenters. The molecular formula is C12H24N2OS. The smallest absolute Gasteiger partial charge is 0.136 e. The van der Waals surface area contributed by atoms with E-state index in [-0.39, 0.29) is 4.75 Å². The topological polar surface area (TPSA) is 47.1 Å². The Morgan fingerprint density at radius 1 is 1.31 bits per heavy atom. The molecule has 1 saturated heterocycles. The molecule has 0 aromatic carbocycles. The molecule has 0 amide bonds. The molecule has 94 valence electrons. The Kier molecular flexibility index (Phi) is 3.55. The fourth-order valence-corrected chi connectivity index (χ4v) is 3.62. The second-order valence-corrected chi connectivity index (χ2v) is 8.22. The maximum Gasteiger partial charge on any atom is 0.136 e. The van der Waals surface area contributed by atoms with E-state index in [0.29, 0.717) is 11.5 Å². The molecule has 3 nitrogen and oxygen atoms in total. The highest BCUT2D eigenvalue weighted by Crippen LogP contribution is 2.48. The summed E-state index contributed by atoms with van der Waals surface area (Å²) < 4.78 is 15.3. The number of piperidine rings is 1. The average molecular weight is 244 g/mol. The normalized spacial score (nSPS) is 31.1. The Morgan fingerprint density at radius 3 is 2.50 bits per heavy atom. The van der Waals surface area contributed by atoms with Gasteiger partial charge in [-0.2, -0.15) is 0 Å². The van der Waals surface area contributed by atoms with Crippen LogP contribution < -0.4 is 10.0 Å². The SMILES string of the molecule is CC(C)(C)[S+]([O-])NC1CNCCC12CCC2. The fraction of sp³-hybridized carbons (Fsp3) is 1.00. The van der Waals surface area contributed by atoms with E-state index in [1.54, 1.807) is 0 Å².